The first kappa shape index (κ1) is 19.1. The molecule has 1 aliphatic heterocycles. The summed E-state index contributed by atoms with van der Waals surface area (Å²) < 4.78 is 7.57. The van der Waals surface area contributed by atoms with Crippen LogP contribution in [0.25, 0.3) is 20.3 Å². The lowest BCUT2D eigenvalue weighted by Crippen LogP contribution is -2.44. The van der Waals surface area contributed by atoms with Crippen LogP contribution in [0.1, 0.15) is 21.9 Å². The third-order valence-corrected chi connectivity index (χ3v) is 6.48. The molecule has 152 valence electrons. The van der Waals surface area contributed by atoms with Crippen molar-refractivity contribution in [2.45, 2.75) is 6.42 Å². The zero-order valence-electron chi connectivity index (χ0n) is 16.5. The van der Waals surface area contributed by atoms with Crippen molar-refractivity contribution in [3.8, 4) is 0 Å². The van der Waals surface area contributed by atoms with Crippen LogP contribution in [-0.4, -0.2) is 53.7 Å². The van der Waals surface area contributed by atoms with Crippen molar-refractivity contribution < 1.29 is 9.53 Å². The predicted molar refractivity (Wildman–Crippen MR) is 119 cm³/mol. The maximum atomic E-state index is 12.9. The average molecular weight is 419 g/mol. The molecule has 2 aromatic carbocycles. The second-order valence-corrected chi connectivity index (χ2v) is 8.38. The normalized spacial score (nSPS) is 14.9. The molecule has 4 aromatic rings. The van der Waals surface area contributed by atoms with Crippen molar-refractivity contribution in [1.82, 2.24) is 20.2 Å². The fraction of sp³-hybridized carbons (Fsp3) is 0.261. The average Bonchev–Trinajstić information content (AvgIpc) is 3.18. The number of morpholine rings is 1. The van der Waals surface area contributed by atoms with E-state index >= 15 is 0 Å². The lowest BCUT2D eigenvalue weighted by molar-refractivity contribution is 0.0333. The fourth-order valence-electron chi connectivity index (χ4n) is 3.68. The summed E-state index contributed by atoms with van der Waals surface area (Å²) in [7, 11) is 0. The van der Waals surface area contributed by atoms with Crippen molar-refractivity contribution in [2.24, 2.45) is 0 Å². The van der Waals surface area contributed by atoms with Gasteiger partial charge in [-0.05, 0) is 11.6 Å². The van der Waals surface area contributed by atoms with Crippen molar-refractivity contribution in [3.63, 3.8) is 0 Å². The molecule has 1 aliphatic rings. The summed E-state index contributed by atoms with van der Waals surface area (Å²) in [6, 6.07) is 18.4. The maximum Gasteiger partial charge on any atom is 0.290 e. The first-order valence-electron chi connectivity index (χ1n) is 10.1. The number of nitrogens with zero attached hydrogens (tertiary/aromatic N) is 3. The molecule has 0 bridgehead atoms. The highest BCUT2D eigenvalue weighted by Crippen LogP contribution is 2.34. The second kappa shape index (κ2) is 8.47. The Hall–Kier alpha value is -2.87. The molecule has 30 heavy (non-hydrogen) atoms. The number of aromatic nitrogens is 2. The van der Waals surface area contributed by atoms with Gasteiger partial charge in [-0.1, -0.05) is 48.5 Å². The molecule has 0 saturated carbocycles. The Balaban J connectivity index is 1.51. The summed E-state index contributed by atoms with van der Waals surface area (Å²) in [6.45, 7) is 3.49. The van der Waals surface area contributed by atoms with E-state index in [1.54, 1.807) is 11.3 Å². The van der Waals surface area contributed by atoms with Gasteiger partial charge < -0.3 is 10.1 Å². The number of benzene rings is 2. The second-order valence-electron chi connectivity index (χ2n) is 7.33. The zero-order valence-corrected chi connectivity index (χ0v) is 17.3. The molecule has 5 rings (SSSR count). The minimum absolute atomic E-state index is 0.227. The quantitative estimate of drug-likeness (QED) is 0.538. The predicted octanol–water partition coefficient (Wildman–Crippen LogP) is 3.45. The van der Waals surface area contributed by atoms with Crippen LogP contribution in [-0.2, 0) is 11.2 Å². The van der Waals surface area contributed by atoms with Crippen LogP contribution in [0.4, 0.5) is 0 Å². The van der Waals surface area contributed by atoms with Gasteiger partial charge in [-0.2, -0.15) is 0 Å². The Morgan fingerprint density at radius 2 is 1.80 bits per heavy atom. The number of carbonyl (C=O) groups is 1. The topological polar surface area (TPSA) is 67.4 Å². The summed E-state index contributed by atoms with van der Waals surface area (Å²) >= 11 is 1.69. The van der Waals surface area contributed by atoms with Crippen molar-refractivity contribution in [2.75, 3.05) is 33.0 Å². The van der Waals surface area contributed by atoms with Crippen molar-refractivity contribution in [1.29, 1.82) is 0 Å². The molecule has 0 aliphatic carbocycles. The summed E-state index contributed by atoms with van der Waals surface area (Å²) in [5, 5.41) is 4.04. The number of fused-ring (bicyclic) bond motifs is 3. The van der Waals surface area contributed by atoms with Crippen molar-refractivity contribution >= 4 is 37.5 Å². The minimum Gasteiger partial charge on any atom is -0.379 e. The molecule has 7 heteroatoms. The highest BCUT2D eigenvalue weighted by molar-refractivity contribution is 7.25. The van der Waals surface area contributed by atoms with E-state index in [4.69, 9.17) is 9.72 Å². The zero-order chi connectivity index (χ0) is 20.3. The van der Waals surface area contributed by atoms with Crippen LogP contribution in [0.2, 0.25) is 0 Å². The summed E-state index contributed by atoms with van der Waals surface area (Å²) in [5.74, 6) is -0.0155. The van der Waals surface area contributed by atoms with Crippen molar-refractivity contribution in [3.05, 3.63) is 71.7 Å². The van der Waals surface area contributed by atoms with Gasteiger partial charge in [0.25, 0.3) is 5.91 Å². The number of thiophene rings is 1. The van der Waals surface area contributed by atoms with Gasteiger partial charge in [0.2, 0.25) is 5.82 Å². The molecule has 1 saturated heterocycles. The van der Waals surface area contributed by atoms with Gasteiger partial charge in [0.05, 0.1) is 35.8 Å². The van der Waals surface area contributed by atoms with Gasteiger partial charge in [0, 0.05) is 29.6 Å². The Morgan fingerprint density at radius 1 is 1.03 bits per heavy atom. The van der Waals surface area contributed by atoms with Gasteiger partial charge in [0.1, 0.15) is 0 Å². The minimum atomic E-state index is -0.243. The monoisotopic (exact) mass is 418 g/mol. The first-order chi connectivity index (χ1) is 14.8. The molecule has 0 spiro atoms. The SMILES string of the molecule is O=C(NCN1CCOCC1)c1nc(Cc2ccccc2)c2sc3ccccc3c2n1. The maximum absolute atomic E-state index is 12.9. The largest absolute Gasteiger partial charge is 0.379 e. The molecule has 0 radical (unpaired) electrons. The van der Waals surface area contributed by atoms with E-state index in [2.05, 4.69) is 39.5 Å². The van der Waals surface area contributed by atoms with E-state index < -0.39 is 0 Å². The summed E-state index contributed by atoms with van der Waals surface area (Å²) in [5.41, 5.74) is 2.91. The van der Waals surface area contributed by atoms with E-state index in [0.717, 1.165) is 44.6 Å². The standard InChI is InChI=1S/C23H22N4O2S/c28-23(24-15-27-10-12-29-13-11-27)22-25-18(14-16-6-2-1-3-7-16)21-20(26-22)17-8-4-5-9-19(17)30-21/h1-9H,10-15H2,(H,24,28). The Kier molecular flexibility index (Phi) is 5.40. The lowest BCUT2D eigenvalue weighted by Gasteiger charge is -2.26. The molecular weight excluding hydrogens is 396 g/mol. The molecule has 1 N–H and O–H groups in total. The smallest absolute Gasteiger partial charge is 0.290 e. The van der Waals surface area contributed by atoms with E-state index in [1.807, 2.05) is 30.3 Å². The highest BCUT2D eigenvalue weighted by atomic mass is 32.1. The van der Waals surface area contributed by atoms with Gasteiger partial charge in [-0.3, -0.25) is 9.69 Å². The third kappa shape index (κ3) is 3.92. The van der Waals surface area contributed by atoms with E-state index in [9.17, 15) is 4.79 Å². The Bertz CT molecular complexity index is 1190. The molecule has 1 fully saturated rings. The molecule has 2 aromatic heterocycles. The third-order valence-electron chi connectivity index (χ3n) is 5.27. The molecule has 0 unspecified atom stereocenters. The van der Waals surface area contributed by atoms with Crippen LogP contribution >= 0.6 is 11.3 Å². The Morgan fingerprint density at radius 3 is 2.63 bits per heavy atom. The molecular formula is C23H22N4O2S. The summed E-state index contributed by atoms with van der Waals surface area (Å²) in [6.07, 6.45) is 0.663. The number of amides is 1. The Labute approximate surface area is 178 Å². The van der Waals surface area contributed by atoms with E-state index in [-0.39, 0.29) is 11.7 Å². The van der Waals surface area contributed by atoms with Gasteiger partial charge in [0.15, 0.2) is 0 Å². The highest BCUT2D eigenvalue weighted by Gasteiger charge is 2.19. The van der Waals surface area contributed by atoms with Gasteiger partial charge in [-0.25, -0.2) is 9.97 Å². The molecule has 3 heterocycles. The number of hydrogen-bond donors (Lipinski definition) is 1. The van der Waals surface area contributed by atoms with Crippen LogP contribution in [0, 0.1) is 0 Å². The number of hydrogen-bond acceptors (Lipinski definition) is 6. The molecule has 6 nitrogen and oxygen atoms in total. The van der Waals surface area contributed by atoms with Gasteiger partial charge in [-0.15, -0.1) is 11.3 Å². The van der Waals surface area contributed by atoms with E-state index in [1.165, 1.54) is 0 Å². The van der Waals surface area contributed by atoms with Gasteiger partial charge >= 0.3 is 0 Å². The first-order valence-corrected chi connectivity index (χ1v) is 10.9. The number of rotatable bonds is 5. The summed E-state index contributed by atoms with van der Waals surface area (Å²) in [4.78, 5) is 24.4. The van der Waals surface area contributed by atoms with Crippen LogP contribution in [0.5, 0.6) is 0 Å². The lowest BCUT2D eigenvalue weighted by atomic mass is 10.1. The van der Waals surface area contributed by atoms with Crippen LogP contribution < -0.4 is 5.32 Å². The van der Waals surface area contributed by atoms with Crippen LogP contribution in [0.15, 0.2) is 54.6 Å². The number of ether oxygens (including phenoxy) is 1. The van der Waals surface area contributed by atoms with Crippen LogP contribution in [0.3, 0.4) is 0 Å². The molecule has 0 atom stereocenters. The molecule has 1 amide bonds. The number of carbonyl (C=O) groups excluding carboxylic acids is 1. The fourth-order valence-corrected chi connectivity index (χ4v) is 4.81. The van der Waals surface area contributed by atoms with E-state index in [0.29, 0.717) is 26.3 Å². The number of nitrogens with one attached hydrogen (secondary N) is 1.